The molecule has 1 amide bonds. The molecule has 2 heterocycles. The van der Waals surface area contributed by atoms with Crippen LogP contribution in [0.25, 0.3) is 11.0 Å². The third-order valence-electron chi connectivity index (χ3n) is 7.12. The Morgan fingerprint density at radius 1 is 1.18 bits per heavy atom. The standard InChI is InChI=1S/C27H32F3N3O5S/c1-3-33-23-11-8-19(14-21(23)31-25(33)13-17-5-12-24(38-16-17)27(28,29)30)26(35)32-22(15-34)18-6-9-20(10-7-18)39(36,37)4-2/h6-11,14,17,22,24,34H,3-5,12-13,15-16H2,1-2H3,(H,32,35)/t17-,22+,24+/m1/s1. The fraction of sp³-hybridized carbons (Fsp3) is 0.481. The number of carbonyl (C=O) groups excluding carboxylic acids is 1. The Morgan fingerprint density at radius 2 is 1.90 bits per heavy atom. The Bertz CT molecular complexity index is 1410. The molecule has 212 valence electrons. The molecule has 1 fully saturated rings. The van der Waals surface area contributed by atoms with Crippen LogP contribution < -0.4 is 5.32 Å². The van der Waals surface area contributed by atoms with Gasteiger partial charge in [0.15, 0.2) is 15.9 Å². The number of amides is 1. The summed E-state index contributed by atoms with van der Waals surface area (Å²) in [6, 6.07) is 10.4. The highest BCUT2D eigenvalue weighted by Crippen LogP contribution is 2.33. The van der Waals surface area contributed by atoms with Crippen molar-refractivity contribution in [2.75, 3.05) is 19.0 Å². The van der Waals surface area contributed by atoms with Gasteiger partial charge in [-0.25, -0.2) is 13.4 Å². The highest BCUT2D eigenvalue weighted by molar-refractivity contribution is 7.91. The second kappa shape index (κ2) is 11.6. The van der Waals surface area contributed by atoms with Crippen LogP contribution in [0.3, 0.4) is 0 Å². The number of aliphatic hydroxyl groups is 1. The molecule has 1 saturated heterocycles. The van der Waals surface area contributed by atoms with Gasteiger partial charge in [0, 0.05) is 18.5 Å². The molecule has 1 aromatic heterocycles. The summed E-state index contributed by atoms with van der Waals surface area (Å²) in [5.41, 5.74) is 2.27. The van der Waals surface area contributed by atoms with Gasteiger partial charge in [0.25, 0.3) is 5.91 Å². The van der Waals surface area contributed by atoms with E-state index in [1.807, 2.05) is 11.5 Å². The molecule has 39 heavy (non-hydrogen) atoms. The number of benzene rings is 2. The molecule has 8 nitrogen and oxygen atoms in total. The van der Waals surface area contributed by atoms with E-state index in [9.17, 15) is 31.5 Å². The fourth-order valence-electron chi connectivity index (χ4n) is 4.86. The lowest BCUT2D eigenvalue weighted by molar-refractivity contribution is -0.235. The van der Waals surface area contributed by atoms with Crippen LogP contribution in [0, 0.1) is 5.92 Å². The molecule has 0 aliphatic carbocycles. The first-order chi connectivity index (χ1) is 18.5. The number of aryl methyl sites for hydroxylation is 1. The summed E-state index contributed by atoms with van der Waals surface area (Å²) in [6.07, 6.45) is -5.30. The van der Waals surface area contributed by atoms with Crippen molar-refractivity contribution in [3.63, 3.8) is 0 Å². The maximum atomic E-state index is 13.0. The molecular formula is C27H32F3N3O5S. The topological polar surface area (TPSA) is 111 Å². The zero-order chi connectivity index (χ0) is 28.4. The maximum absolute atomic E-state index is 13.0. The van der Waals surface area contributed by atoms with Crippen LogP contribution >= 0.6 is 0 Å². The average Bonchev–Trinajstić information content (AvgIpc) is 3.27. The van der Waals surface area contributed by atoms with Crippen molar-refractivity contribution in [2.45, 2.75) is 62.9 Å². The zero-order valence-electron chi connectivity index (χ0n) is 21.7. The lowest BCUT2D eigenvalue weighted by Gasteiger charge is -2.30. The Hall–Kier alpha value is -2.96. The summed E-state index contributed by atoms with van der Waals surface area (Å²) >= 11 is 0. The Balaban J connectivity index is 1.48. The van der Waals surface area contributed by atoms with Gasteiger partial charge in [-0.05, 0) is 61.6 Å². The number of hydrogen-bond acceptors (Lipinski definition) is 6. The monoisotopic (exact) mass is 567 g/mol. The van der Waals surface area contributed by atoms with Crippen molar-refractivity contribution in [3.8, 4) is 0 Å². The van der Waals surface area contributed by atoms with Crippen LogP contribution in [0.15, 0.2) is 47.4 Å². The molecule has 12 heteroatoms. The van der Waals surface area contributed by atoms with Crippen LogP contribution in [0.2, 0.25) is 0 Å². The van der Waals surface area contributed by atoms with Crippen molar-refractivity contribution in [1.82, 2.24) is 14.9 Å². The minimum Gasteiger partial charge on any atom is -0.394 e. The van der Waals surface area contributed by atoms with E-state index in [-0.39, 0.29) is 36.2 Å². The molecule has 0 saturated carbocycles. The molecule has 1 aliphatic rings. The van der Waals surface area contributed by atoms with Gasteiger partial charge in [-0.3, -0.25) is 4.79 Å². The molecule has 4 rings (SSSR count). The van der Waals surface area contributed by atoms with E-state index in [4.69, 9.17) is 4.74 Å². The molecule has 0 bridgehead atoms. The summed E-state index contributed by atoms with van der Waals surface area (Å²) in [5, 5.41) is 12.7. The number of ether oxygens (including phenoxy) is 1. The van der Waals surface area contributed by atoms with E-state index in [0.717, 1.165) is 11.3 Å². The van der Waals surface area contributed by atoms with Gasteiger partial charge in [-0.15, -0.1) is 0 Å². The highest BCUT2D eigenvalue weighted by atomic mass is 32.2. The molecule has 2 aromatic carbocycles. The summed E-state index contributed by atoms with van der Waals surface area (Å²) in [5.74, 6) is 0.168. The van der Waals surface area contributed by atoms with E-state index in [1.165, 1.54) is 12.1 Å². The Labute approximate surface area is 225 Å². The molecule has 0 spiro atoms. The van der Waals surface area contributed by atoms with E-state index >= 15 is 0 Å². The number of alkyl halides is 3. The van der Waals surface area contributed by atoms with Gasteiger partial charge >= 0.3 is 6.18 Å². The maximum Gasteiger partial charge on any atom is 0.414 e. The van der Waals surface area contributed by atoms with Crippen LogP contribution in [-0.4, -0.2) is 60.2 Å². The number of aromatic nitrogens is 2. The van der Waals surface area contributed by atoms with E-state index in [1.54, 1.807) is 37.3 Å². The van der Waals surface area contributed by atoms with Crippen LogP contribution in [0.4, 0.5) is 13.2 Å². The summed E-state index contributed by atoms with van der Waals surface area (Å²) in [7, 11) is -3.37. The molecule has 0 unspecified atom stereocenters. The Kier molecular flexibility index (Phi) is 8.67. The average molecular weight is 568 g/mol. The summed E-state index contributed by atoms with van der Waals surface area (Å²) < 4.78 is 69.9. The van der Waals surface area contributed by atoms with Crippen molar-refractivity contribution in [2.24, 2.45) is 5.92 Å². The molecule has 3 aromatic rings. The molecule has 0 radical (unpaired) electrons. The predicted molar refractivity (Wildman–Crippen MR) is 139 cm³/mol. The lowest BCUT2D eigenvalue weighted by Crippen LogP contribution is -2.38. The SMILES string of the molecule is CCn1c(C[C@H]2CC[C@@H](C(F)(F)F)OC2)nc2cc(C(=O)N[C@@H](CO)c3ccc(S(=O)(=O)CC)cc3)ccc21. The van der Waals surface area contributed by atoms with Crippen LogP contribution in [0.1, 0.15) is 54.5 Å². The van der Waals surface area contributed by atoms with Crippen molar-refractivity contribution in [3.05, 3.63) is 59.4 Å². The first-order valence-electron chi connectivity index (χ1n) is 12.9. The normalized spacial score (nSPS) is 19.2. The zero-order valence-corrected chi connectivity index (χ0v) is 22.6. The van der Waals surface area contributed by atoms with E-state index in [2.05, 4.69) is 10.3 Å². The molecular weight excluding hydrogens is 535 g/mol. The smallest absolute Gasteiger partial charge is 0.394 e. The first kappa shape index (κ1) is 29.0. The van der Waals surface area contributed by atoms with Gasteiger partial charge in [0.1, 0.15) is 5.82 Å². The predicted octanol–water partition coefficient (Wildman–Crippen LogP) is 4.21. The summed E-state index contributed by atoms with van der Waals surface area (Å²) in [6.45, 7) is 3.73. The molecule has 2 N–H and O–H groups in total. The largest absolute Gasteiger partial charge is 0.414 e. The van der Waals surface area contributed by atoms with Crippen molar-refractivity contribution >= 4 is 26.8 Å². The van der Waals surface area contributed by atoms with E-state index < -0.39 is 34.1 Å². The number of nitrogens with one attached hydrogen (secondary N) is 1. The summed E-state index contributed by atoms with van der Waals surface area (Å²) in [4.78, 5) is 17.9. The number of imidazole rings is 1. The third kappa shape index (κ3) is 6.44. The third-order valence-corrected chi connectivity index (χ3v) is 8.87. The molecule has 3 atom stereocenters. The van der Waals surface area contributed by atoms with Gasteiger partial charge in [0.2, 0.25) is 0 Å². The fourth-order valence-corrected chi connectivity index (χ4v) is 5.75. The number of sulfone groups is 1. The van der Waals surface area contributed by atoms with Gasteiger partial charge in [-0.1, -0.05) is 19.1 Å². The minimum absolute atomic E-state index is 0.0126. The number of hydrogen-bond donors (Lipinski definition) is 2. The highest BCUT2D eigenvalue weighted by Gasteiger charge is 2.43. The number of carbonyl (C=O) groups is 1. The number of fused-ring (bicyclic) bond motifs is 1. The quantitative estimate of drug-likeness (QED) is 0.401. The molecule has 1 aliphatic heterocycles. The second-order valence-electron chi connectivity index (χ2n) is 9.67. The second-order valence-corrected chi connectivity index (χ2v) is 11.9. The number of rotatable bonds is 9. The van der Waals surface area contributed by atoms with Gasteiger partial charge in [-0.2, -0.15) is 13.2 Å². The van der Waals surface area contributed by atoms with Crippen LogP contribution in [-0.2, 0) is 27.5 Å². The van der Waals surface area contributed by atoms with Gasteiger partial charge in [0.05, 0.1) is 40.9 Å². The van der Waals surface area contributed by atoms with Crippen molar-refractivity contribution < 1.29 is 36.2 Å². The Morgan fingerprint density at radius 3 is 2.46 bits per heavy atom. The van der Waals surface area contributed by atoms with Crippen molar-refractivity contribution in [1.29, 1.82) is 0 Å². The first-order valence-corrected chi connectivity index (χ1v) is 14.5. The van der Waals surface area contributed by atoms with Gasteiger partial charge < -0.3 is 19.7 Å². The number of nitrogens with zero attached hydrogens (tertiary/aromatic N) is 2. The van der Waals surface area contributed by atoms with E-state index in [0.29, 0.717) is 36.0 Å². The number of halogens is 3. The minimum atomic E-state index is -4.35. The lowest BCUT2D eigenvalue weighted by atomic mass is 9.95. The van der Waals surface area contributed by atoms with Crippen LogP contribution in [0.5, 0.6) is 0 Å². The number of aliphatic hydroxyl groups excluding tert-OH is 1.